The van der Waals surface area contributed by atoms with E-state index in [9.17, 15) is 13.2 Å². The van der Waals surface area contributed by atoms with Crippen LogP contribution in [0, 0.1) is 0 Å². The number of likely N-dealkylation sites (tertiary alicyclic amines) is 1. The number of anilines is 1. The van der Waals surface area contributed by atoms with Gasteiger partial charge in [0, 0.05) is 25.2 Å². The molecule has 1 aliphatic rings. The summed E-state index contributed by atoms with van der Waals surface area (Å²) >= 11 is 1.62. The average Bonchev–Trinajstić information content (AvgIpc) is 3.20. The first-order valence-electron chi connectivity index (χ1n) is 9.44. The van der Waals surface area contributed by atoms with Gasteiger partial charge in [0.1, 0.15) is 0 Å². The van der Waals surface area contributed by atoms with Gasteiger partial charge in [-0.3, -0.25) is 4.79 Å². The minimum absolute atomic E-state index is 0.0256. The maximum atomic E-state index is 12.9. The first kappa shape index (κ1) is 21.0. The Morgan fingerprint density at radius 1 is 1.21 bits per heavy atom. The van der Waals surface area contributed by atoms with Gasteiger partial charge in [0.25, 0.3) is 0 Å². The molecule has 1 fully saturated rings. The number of amides is 1. The molecule has 1 aromatic heterocycles. The van der Waals surface area contributed by atoms with Crippen LogP contribution in [0.4, 0.5) is 5.69 Å². The van der Waals surface area contributed by atoms with Gasteiger partial charge in [0.05, 0.1) is 4.90 Å². The lowest BCUT2D eigenvalue weighted by Crippen LogP contribution is -2.44. The van der Waals surface area contributed by atoms with Crippen molar-refractivity contribution in [3.8, 4) is 0 Å². The van der Waals surface area contributed by atoms with E-state index in [0.717, 1.165) is 31.5 Å². The van der Waals surface area contributed by atoms with Gasteiger partial charge in [0.2, 0.25) is 15.9 Å². The summed E-state index contributed by atoms with van der Waals surface area (Å²) in [6.07, 6.45) is 2.77. The maximum Gasteiger partial charge on any atom is 0.243 e. The quantitative estimate of drug-likeness (QED) is 0.746. The molecule has 0 radical (unpaired) electrons. The van der Waals surface area contributed by atoms with E-state index in [-0.39, 0.29) is 16.8 Å². The van der Waals surface area contributed by atoms with Crippen molar-refractivity contribution >= 4 is 33.0 Å². The lowest BCUT2D eigenvalue weighted by molar-refractivity contribution is -0.116. The Labute approximate surface area is 171 Å². The zero-order valence-corrected chi connectivity index (χ0v) is 17.9. The van der Waals surface area contributed by atoms with Crippen molar-refractivity contribution < 1.29 is 13.2 Å². The molecule has 28 heavy (non-hydrogen) atoms. The lowest BCUT2D eigenvalue weighted by Gasteiger charge is -2.34. The van der Waals surface area contributed by atoms with Crippen molar-refractivity contribution in [1.82, 2.24) is 9.21 Å². The number of rotatable bonds is 7. The maximum absolute atomic E-state index is 12.9. The van der Waals surface area contributed by atoms with Gasteiger partial charge in [-0.05, 0) is 86.1 Å². The lowest BCUT2D eigenvalue weighted by atomic mass is 10.1. The van der Waals surface area contributed by atoms with Crippen molar-refractivity contribution in [2.45, 2.75) is 36.6 Å². The number of nitrogens with zero attached hydrogens (tertiary/aromatic N) is 2. The summed E-state index contributed by atoms with van der Waals surface area (Å²) in [5.74, 6) is -0.0785. The summed E-state index contributed by atoms with van der Waals surface area (Å²) in [4.78, 5) is 14.6. The standard InChI is InChI=1S/C20H27N3O3S2/c1-22-12-9-18(10-13-22)23(2)28(25,26)19-6-4-17(5-7-19)21-20(24)8-3-16-11-14-27-15-16/h4-7,11,14-15,18H,3,8-10,12-13H2,1-2H3,(H,21,24). The van der Waals surface area contributed by atoms with Crippen LogP contribution in [0.2, 0.25) is 0 Å². The number of hydrogen-bond acceptors (Lipinski definition) is 5. The molecule has 0 bridgehead atoms. The topological polar surface area (TPSA) is 69.7 Å². The van der Waals surface area contributed by atoms with Gasteiger partial charge in [-0.15, -0.1) is 0 Å². The minimum atomic E-state index is -3.54. The second-order valence-electron chi connectivity index (χ2n) is 7.26. The highest BCUT2D eigenvalue weighted by molar-refractivity contribution is 7.89. The highest BCUT2D eigenvalue weighted by atomic mass is 32.2. The number of piperidine rings is 1. The van der Waals surface area contributed by atoms with Gasteiger partial charge in [-0.25, -0.2) is 8.42 Å². The van der Waals surface area contributed by atoms with Crippen LogP contribution in [-0.4, -0.2) is 56.8 Å². The van der Waals surface area contributed by atoms with Crippen LogP contribution in [0.3, 0.4) is 0 Å². The first-order valence-corrected chi connectivity index (χ1v) is 11.8. The molecule has 1 aromatic carbocycles. The molecule has 0 unspecified atom stereocenters. The molecule has 1 N–H and O–H groups in total. The SMILES string of the molecule is CN1CCC(N(C)S(=O)(=O)c2ccc(NC(=O)CCc3ccsc3)cc2)CC1. The molecule has 0 aliphatic carbocycles. The number of carbonyl (C=O) groups excluding carboxylic acids is 1. The molecular weight excluding hydrogens is 394 g/mol. The zero-order chi connectivity index (χ0) is 20.1. The summed E-state index contributed by atoms with van der Waals surface area (Å²) in [7, 11) is 0.174. The number of benzene rings is 1. The molecular formula is C20H27N3O3S2. The fraction of sp³-hybridized carbons (Fsp3) is 0.450. The van der Waals surface area contributed by atoms with Gasteiger partial charge in [0.15, 0.2) is 0 Å². The predicted octanol–water partition coefficient (Wildman–Crippen LogP) is 3.03. The second kappa shape index (κ2) is 9.17. The minimum Gasteiger partial charge on any atom is -0.326 e. The van der Waals surface area contributed by atoms with E-state index in [1.807, 2.05) is 16.8 Å². The normalized spacial score (nSPS) is 16.4. The highest BCUT2D eigenvalue weighted by Crippen LogP contribution is 2.23. The van der Waals surface area contributed by atoms with Crippen LogP contribution < -0.4 is 5.32 Å². The van der Waals surface area contributed by atoms with Crippen LogP contribution in [0.15, 0.2) is 46.0 Å². The Balaban J connectivity index is 1.58. The van der Waals surface area contributed by atoms with Crippen LogP contribution in [0.25, 0.3) is 0 Å². The smallest absolute Gasteiger partial charge is 0.243 e. The van der Waals surface area contributed by atoms with E-state index < -0.39 is 10.0 Å². The average molecular weight is 422 g/mol. The number of sulfonamides is 1. The third-order valence-electron chi connectivity index (χ3n) is 5.24. The molecule has 2 aromatic rings. The Bertz CT molecular complexity index is 872. The van der Waals surface area contributed by atoms with Gasteiger partial charge in [-0.1, -0.05) is 0 Å². The van der Waals surface area contributed by atoms with Crippen LogP contribution >= 0.6 is 11.3 Å². The number of thiophene rings is 1. The molecule has 1 saturated heterocycles. The molecule has 2 heterocycles. The third kappa shape index (κ3) is 5.20. The summed E-state index contributed by atoms with van der Waals surface area (Å²) in [6, 6.07) is 8.47. The fourth-order valence-electron chi connectivity index (χ4n) is 3.35. The monoisotopic (exact) mass is 421 g/mol. The summed E-state index contributed by atoms with van der Waals surface area (Å²) in [5.41, 5.74) is 1.76. The Morgan fingerprint density at radius 2 is 1.89 bits per heavy atom. The fourth-order valence-corrected chi connectivity index (χ4v) is 5.47. The molecule has 1 aliphatic heterocycles. The van der Waals surface area contributed by atoms with E-state index in [2.05, 4.69) is 17.3 Å². The van der Waals surface area contributed by atoms with Crippen molar-refractivity contribution in [2.75, 3.05) is 32.5 Å². The Kier molecular flexibility index (Phi) is 6.87. The molecule has 0 atom stereocenters. The van der Waals surface area contributed by atoms with E-state index in [4.69, 9.17) is 0 Å². The Hall–Kier alpha value is -1.74. The molecule has 1 amide bonds. The van der Waals surface area contributed by atoms with Crippen LogP contribution in [0.5, 0.6) is 0 Å². The number of hydrogen-bond donors (Lipinski definition) is 1. The van der Waals surface area contributed by atoms with E-state index in [1.165, 1.54) is 4.31 Å². The number of nitrogens with one attached hydrogen (secondary N) is 1. The molecule has 8 heteroatoms. The summed E-state index contributed by atoms with van der Waals surface area (Å²) < 4.78 is 27.3. The van der Waals surface area contributed by atoms with Crippen molar-refractivity contribution in [3.63, 3.8) is 0 Å². The Morgan fingerprint density at radius 3 is 2.50 bits per heavy atom. The van der Waals surface area contributed by atoms with Crippen molar-refractivity contribution in [2.24, 2.45) is 0 Å². The van der Waals surface area contributed by atoms with Gasteiger partial charge < -0.3 is 10.2 Å². The number of aryl methyl sites for hydroxylation is 1. The van der Waals surface area contributed by atoms with Crippen molar-refractivity contribution in [3.05, 3.63) is 46.7 Å². The van der Waals surface area contributed by atoms with Crippen molar-refractivity contribution in [1.29, 1.82) is 0 Å². The molecule has 0 spiro atoms. The van der Waals surface area contributed by atoms with E-state index >= 15 is 0 Å². The molecule has 3 rings (SSSR count). The van der Waals surface area contributed by atoms with Gasteiger partial charge in [-0.2, -0.15) is 15.6 Å². The first-order chi connectivity index (χ1) is 13.4. The highest BCUT2D eigenvalue weighted by Gasteiger charge is 2.30. The molecule has 152 valence electrons. The predicted molar refractivity (Wildman–Crippen MR) is 113 cm³/mol. The zero-order valence-electron chi connectivity index (χ0n) is 16.3. The number of carbonyl (C=O) groups is 1. The largest absolute Gasteiger partial charge is 0.326 e. The molecule has 0 saturated carbocycles. The van der Waals surface area contributed by atoms with E-state index in [0.29, 0.717) is 18.5 Å². The van der Waals surface area contributed by atoms with Gasteiger partial charge >= 0.3 is 0 Å². The summed E-state index contributed by atoms with van der Waals surface area (Å²) in [6.45, 7) is 1.81. The second-order valence-corrected chi connectivity index (χ2v) is 10.0. The summed E-state index contributed by atoms with van der Waals surface area (Å²) in [5, 5.41) is 6.86. The van der Waals surface area contributed by atoms with E-state index in [1.54, 1.807) is 42.6 Å². The molecule has 6 nitrogen and oxygen atoms in total. The third-order valence-corrected chi connectivity index (χ3v) is 7.89. The van der Waals surface area contributed by atoms with Crippen LogP contribution in [0.1, 0.15) is 24.8 Å². The van der Waals surface area contributed by atoms with Crippen LogP contribution in [-0.2, 0) is 21.2 Å².